The number of nitrogens with one attached hydrogen (secondary N) is 1. The van der Waals surface area contributed by atoms with Crippen LogP contribution in [-0.2, 0) is 16.0 Å². The van der Waals surface area contributed by atoms with Gasteiger partial charge in [0.25, 0.3) is 0 Å². The van der Waals surface area contributed by atoms with E-state index in [9.17, 15) is 0 Å². The molecule has 2 unspecified atom stereocenters. The van der Waals surface area contributed by atoms with Gasteiger partial charge in [0, 0.05) is 11.6 Å². The Morgan fingerprint density at radius 3 is 2.93 bits per heavy atom. The summed E-state index contributed by atoms with van der Waals surface area (Å²) in [4.78, 5) is 26.5. The highest BCUT2D eigenvalue weighted by atomic mass is 35.5. The predicted octanol–water partition coefficient (Wildman–Crippen LogP) is 3.69. The fourth-order valence-corrected chi connectivity index (χ4v) is 3.98. The van der Waals surface area contributed by atoms with E-state index in [0.29, 0.717) is 23.0 Å². The molecule has 0 bridgehead atoms. The molecular formula is C18H20Cl2N5O4P. The van der Waals surface area contributed by atoms with E-state index in [0.717, 1.165) is 23.8 Å². The van der Waals surface area contributed by atoms with E-state index in [4.69, 9.17) is 42.5 Å². The van der Waals surface area contributed by atoms with Gasteiger partial charge in [-0.3, -0.25) is 0 Å². The van der Waals surface area contributed by atoms with Gasteiger partial charge in [-0.05, 0) is 42.1 Å². The first-order chi connectivity index (χ1) is 14.5. The third kappa shape index (κ3) is 5.18. The van der Waals surface area contributed by atoms with Crippen LogP contribution in [0.15, 0.2) is 30.5 Å². The minimum Gasteiger partial charge on any atom is -0.369 e. The van der Waals surface area contributed by atoms with Crippen LogP contribution >= 0.6 is 31.6 Å². The van der Waals surface area contributed by atoms with Gasteiger partial charge in [0.1, 0.15) is 12.2 Å². The monoisotopic (exact) mass is 471 g/mol. The number of ether oxygens (including phenoxy) is 2. The van der Waals surface area contributed by atoms with E-state index in [1.54, 1.807) is 10.9 Å². The number of nitrogens with zero attached hydrogens (tertiary/aromatic N) is 4. The molecular weight excluding hydrogens is 452 g/mol. The van der Waals surface area contributed by atoms with Crippen molar-refractivity contribution < 1.29 is 19.3 Å². The van der Waals surface area contributed by atoms with Crippen LogP contribution in [0.2, 0.25) is 10.3 Å². The number of benzene rings is 1. The normalized spacial score (nSPS) is 19.1. The van der Waals surface area contributed by atoms with Gasteiger partial charge in [0.2, 0.25) is 5.28 Å². The third-order valence-electron chi connectivity index (χ3n) is 4.64. The number of hydrogen-bond donors (Lipinski definition) is 3. The fourth-order valence-electron chi connectivity index (χ4n) is 3.33. The second kappa shape index (κ2) is 9.70. The minimum absolute atomic E-state index is 0.0882. The Hall–Kier alpha value is -1.58. The number of halogens is 2. The van der Waals surface area contributed by atoms with Crippen molar-refractivity contribution in [2.45, 2.75) is 31.7 Å². The summed E-state index contributed by atoms with van der Waals surface area (Å²) in [5, 5.41) is 9.22. The molecule has 0 spiro atoms. The molecule has 160 valence electrons. The lowest BCUT2D eigenvalue weighted by atomic mass is 10.2. The summed E-state index contributed by atoms with van der Waals surface area (Å²) in [6, 6.07) is 7.55. The Morgan fingerprint density at radius 2 is 2.13 bits per heavy atom. The molecule has 1 aliphatic heterocycles. The number of hydrogen-bond acceptors (Lipinski definition) is 8. The van der Waals surface area contributed by atoms with E-state index in [1.807, 2.05) is 24.3 Å². The molecule has 0 radical (unpaired) electrons. The molecule has 0 saturated carbocycles. The standard InChI is InChI=1S/C18H20Cl2N5O4P/c19-12-3-1-2-11(6-12)7-21-16-14-8-22-25(17(14)24-18(20)23-16)15-5-4-13(29-15)9-28-10-30(26)27/h1-3,6,8,13,15,26-27H,4-5,7,9-10H2,(H,21,23,24). The zero-order chi connectivity index (χ0) is 21.1. The van der Waals surface area contributed by atoms with Gasteiger partial charge in [0.15, 0.2) is 20.3 Å². The second-order valence-corrected chi connectivity index (χ2v) is 8.59. The van der Waals surface area contributed by atoms with Gasteiger partial charge < -0.3 is 24.6 Å². The van der Waals surface area contributed by atoms with Crippen molar-refractivity contribution in [2.24, 2.45) is 0 Å². The summed E-state index contributed by atoms with van der Waals surface area (Å²) in [6.07, 6.45) is 2.62. The molecule has 1 aliphatic rings. The number of rotatable bonds is 8. The van der Waals surface area contributed by atoms with Gasteiger partial charge >= 0.3 is 0 Å². The molecule has 1 aromatic carbocycles. The van der Waals surface area contributed by atoms with Crippen LogP contribution in [0.4, 0.5) is 5.82 Å². The van der Waals surface area contributed by atoms with Crippen LogP contribution in [0.25, 0.3) is 11.0 Å². The molecule has 9 nitrogen and oxygen atoms in total. The second-order valence-electron chi connectivity index (χ2n) is 6.81. The van der Waals surface area contributed by atoms with Crippen LogP contribution in [0.3, 0.4) is 0 Å². The quantitative estimate of drug-likeness (QED) is 0.336. The smallest absolute Gasteiger partial charge is 0.226 e. The lowest BCUT2D eigenvalue weighted by Crippen LogP contribution is -2.17. The summed E-state index contributed by atoms with van der Waals surface area (Å²) in [5.74, 6) is 0.577. The molecule has 3 heterocycles. The van der Waals surface area contributed by atoms with Gasteiger partial charge in [-0.15, -0.1) is 0 Å². The van der Waals surface area contributed by atoms with Gasteiger partial charge in [-0.1, -0.05) is 23.7 Å². The maximum Gasteiger partial charge on any atom is 0.226 e. The average molecular weight is 472 g/mol. The Kier molecular flexibility index (Phi) is 7.00. The average Bonchev–Trinajstić information content (AvgIpc) is 3.32. The molecule has 3 aromatic rings. The molecule has 30 heavy (non-hydrogen) atoms. The third-order valence-corrected chi connectivity index (χ3v) is 5.46. The van der Waals surface area contributed by atoms with E-state index in [-0.39, 0.29) is 30.6 Å². The van der Waals surface area contributed by atoms with E-state index >= 15 is 0 Å². The Balaban J connectivity index is 1.48. The molecule has 2 aromatic heterocycles. The van der Waals surface area contributed by atoms with E-state index < -0.39 is 8.38 Å². The lowest BCUT2D eigenvalue weighted by Gasteiger charge is -2.15. The van der Waals surface area contributed by atoms with E-state index in [1.165, 1.54) is 0 Å². The summed E-state index contributed by atoms with van der Waals surface area (Å²) in [7, 11) is -2.06. The maximum absolute atomic E-state index is 8.93. The molecule has 12 heteroatoms. The van der Waals surface area contributed by atoms with Crippen LogP contribution in [-0.4, -0.2) is 48.6 Å². The largest absolute Gasteiger partial charge is 0.369 e. The zero-order valence-corrected chi connectivity index (χ0v) is 18.2. The van der Waals surface area contributed by atoms with Crippen molar-refractivity contribution in [1.29, 1.82) is 0 Å². The van der Waals surface area contributed by atoms with Crippen LogP contribution in [0.5, 0.6) is 0 Å². The SMILES string of the molecule is OP(O)COCC1CCC(n2ncc3c(NCc4cccc(Cl)c4)nc(Cl)nc32)O1. The highest BCUT2D eigenvalue weighted by Gasteiger charge is 2.29. The first-order valence-electron chi connectivity index (χ1n) is 9.27. The summed E-state index contributed by atoms with van der Waals surface area (Å²) in [5.41, 5.74) is 1.58. The maximum atomic E-state index is 8.93. The molecule has 0 amide bonds. The number of aromatic nitrogens is 4. The highest BCUT2D eigenvalue weighted by molar-refractivity contribution is 7.44. The fraction of sp³-hybridized carbons (Fsp3) is 0.389. The van der Waals surface area contributed by atoms with Crippen molar-refractivity contribution in [1.82, 2.24) is 19.7 Å². The summed E-state index contributed by atoms with van der Waals surface area (Å²) < 4.78 is 13.0. The lowest BCUT2D eigenvalue weighted by molar-refractivity contribution is -0.0384. The van der Waals surface area contributed by atoms with Crippen LogP contribution in [0.1, 0.15) is 24.6 Å². The van der Waals surface area contributed by atoms with Crippen molar-refractivity contribution in [3.8, 4) is 0 Å². The molecule has 1 saturated heterocycles. The Morgan fingerprint density at radius 1 is 1.27 bits per heavy atom. The predicted molar refractivity (Wildman–Crippen MR) is 114 cm³/mol. The first kappa shape index (κ1) is 21.6. The van der Waals surface area contributed by atoms with Crippen molar-refractivity contribution >= 4 is 48.4 Å². The Bertz CT molecular complexity index is 1020. The molecule has 2 atom stereocenters. The molecule has 0 aliphatic carbocycles. The van der Waals surface area contributed by atoms with Crippen LogP contribution < -0.4 is 5.32 Å². The van der Waals surface area contributed by atoms with Crippen LogP contribution in [0, 0.1) is 0 Å². The van der Waals surface area contributed by atoms with Gasteiger partial charge in [0.05, 0.1) is 24.3 Å². The number of anilines is 1. The topological polar surface area (TPSA) is 115 Å². The first-order valence-corrected chi connectivity index (χ1v) is 11.5. The molecule has 3 N–H and O–H groups in total. The highest BCUT2D eigenvalue weighted by Crippen LogP contribution is 2.33. The van der Waals surface area contributed by atoms with Crippen molar-refractivity contribution in [2.75, 3.05) is 18.3 Å². The molecule has 4 rings (SSSR count). The van der Waals surface area contributed by atoms with Crippen molar-refractivity contribution in [3.05, 3.63) is 46.3 Å². The Labute approximate surface area is 183 Å². The minimum atomic E-state index is -2.06. The number of fused-ring (bicyclic) bond motifs is 1. The van der Waals surface area contributed by atoms with Crippen molar-refractivity contribution in [3.63, 3.8) is 0 Å². The molecule has 1 fully saturated rings. The summed E-state index contributed by atoms with van der Waals surface area (Å²) in [6.45, 7) is 0.809. The zero-order valence-electron chi connectivity index (χ0n) is 15.8. The summed E-state index contributed by atoms with van der Waals surface area (Å²) >= 11 is 12.2. The van der Waals surface area contributed by atoms with Gasteiger partial charge in [-0.2, -0.15) is 15.1 Å². The van der Waals surface area contributed by atoms with E-state index in [2.05, 4.69) is 20.4 Å². The van der Waals surface area contributed by atoms with Gasteiger partial charge in [-0.25, -0.2) is 4.68 Å².